The zero-order valence-electron chi connectivity index (χ0n) is 6.45. The van der Waals surface area contributed by atoms with Gasteiger partial charge in [0.1, 0.15) is 12.8 Å². The molecule has 0 saturated heterocycles. The van der Waals surface area contributed by atoms with Crippen LogP contribution in [0.2, 0.25) is 0 Å². The second-order valence-corrected chi connectivity index (χ2v) is 5.59. The van der Waals surface area contributed by atoms with Gasteiger partial charge in [-0.1, -0.05) is 5.10 Å². The van der Waals surface area contributed by atoms with Crippen molar-refractivity contribution >= 4 is 37.2 Å². The van der Waals surface area contributed by atoms with Crippen molar-refractivity contribution in [2.45, 2.75) is 6.92 Å². The molecule has 1 unspecified atom stereocenters. The lowest BCUT2D eigenvalue weighted by Crippen LogP contribution is -2.36. The molecule has 0 aliphatic carbocycles. The molecule has 1 aliphatic rings. The molecule has 0 N–H and O–H groups in total. The Balaban J connectivity index is 3.30. The summed E-state index contributed by atoms with van der Waals surface area (Å²) in [5.41, 5.74) is 0.534. The highest BCUT2D eigenvalue weighted by Gasteiger charge is 2.44. The molecule has 0 amide bonds. The van der Waals surface area contributed by atoms with Gasteiger partial charge in [-0.15, -0.1) is 0 Å². The highest BCUT2D eigenvalue weighted by Crippen LogP contribution is 2.32. The van der Waals surface area contributed by atoms with E-state index in [1.54, 1.807) is 6.92 Å². The van der Waals surface area contributed by atoms with Gasteiger partial charge in [0.05, 0.1) is 10.7 Å². The summed E-state index contributed by atoms with van der Waals surface area (Å²) >= 11 is 5.65. The predicted molar refractivity (Wildman–Crippen MR) is 48.0 cm³/mol. The van der Waals surface area contributed by atoms with Crippen LogP contribution in [0.4, 0.5) is 0 Å². The van der Waals surface area contributed by atoms with Gasteiger partial charge in [0, 0.05) is 6.08 Å². The number of rotatable bonds is 1. The van der Waals surface area contributed by atoms with Gasteiger partial charge in [0.15, 0.2) is 0 Å². The topological polar surface area (TPSA) is 46.5 Å². The third-order valence-electron chi connectivity index (χ3n) is 1.50. The second-order valence-electron chi connectivity index (χ2n) is 2.50. The van der Waals surface area contributed by atoms with E-state index >= 15 is 0 Å². The maximum absolute atomic E-state index is 11.0. The summed E-state index contributed by atoms with van der Waals surface area (Å²) in [5.74, 6) is 0. The predicted octanol–water partition coefficient (Wildman–Crippen LogP) is 1.39. The Hall–Kier alpha value is -0.100. The maximum atomic E-state index is 11.0. The van der Waals surface area contributed by atoms with Crippen LogP contribution in [-0.2, 0) is 9.24 Å². The first-order chi connectivity index (χ1) is 5.27. The van der Waals surface area contributed by atoms with Gasteiger partial charge >= 0.3 is 9.24 Å². The van der Waals surface area contributed by atoms with Crippen LogP contribution in [0.3, 0.4) is 0 Å². The molecule has 0 aromatic rings. The van der Waals surface area contributed by atoms with Crippen LogP contribution in [0.15, 0.2) is 16.3 Å². The number of halogens is 2. The quantitative estimate of drug-likeness (QED) is 0.388. The molecular formula is C5H7Cl2N2O2S+. The Bertz CT molecular complexity index is 373. The molecule has 0 saturated carbocycles. The molecule has 0 aromatic carbocycles. The Morgan fingerprint density at radius 1 is 1.58 bits per heavy atom. The molecule has 0 bridgehead atoms. The van der Waals surface area contributed by atoms with Crippen molar-refractivity contribution in [1.29, 1.82) is 0 Å². The van der Waals surface area contributed by atoms with Gasteiger partial charge in [-0.2, -0.15) is 8.42 Å². The van der Waals surface area contributed by atoms with E-state index in [0.717, 1.165) is 0 Å². The minimum absolute atomic E-state index is 0.0718. The first-order valence-electron chi connectivity index (χ1n) is 3.03. The van der Waals surface area contributed by atoms with Crippen molar-refractivity contribution in [3.8, 4) is 0 Å². The molecule has 1 heterocycles. The molecular weight excluding hydrogens is 223 g/mol. The van der Waals surface area contributed by atoms with Crippen molar-refractivity contribution in [3.05, 3.63) is 11.2 Å². The lowest BCUT2D eigenvalue weighted by Gasteiger charge is -2.17. The monoisotopic (exact) mass is 229 g/mol. The van der Waals surface area contributed by atoms with Gasteiger partial charge in [0.25, 0.3) is 0 Å². The van der Waals surface area contributed by atoms with E-state index in [4.69, 9.17) is 22.3 Å². The summed E-state index contributed by atoms with van der Waals surface area (Å²) in [7, 11) is 2.59. The standard InChI is InChI=1S/C5H7Cl2N2O2S/c1-4-3-5(6)9(2,8-4)12(7,10)11/h3H,1-2H3/q+1. The number of quaternary nitrogens is 1. The molecule has 68 valence electrons. The molecule has 1 aliphatic heterocycles. The van der Waals surface area contributed by atoms with Gasteiger partial charge < -0.3 is 0 Å². The van der Waals surface area contributed by atoms with Crippen molar-refractivity contribution in [2.75, 3.05) is 7.05 Å². The molecule has 0 fully saturated rings. The number of allylic oxidation sites excluding steroid dienone is 1. The third-order valence-corrected chi connectivity index (χ3v) is 3.97. The molecule has 0 radical (unpaired) electrons. The number of nitrogens with zero attached hydrogens (tertiary/aromatic N) is 2. The number of hydrogen-bond donors (Lipinski definition) is 0. The normalized spacial score (nSPS) is 30.0. The fourth-order valence-electron chi connectivity index (χ4n) is 0.823. The smallest absolute Gasteiger partial charge is 0.154 e. The van der Waals surface area contributed by atoms with E-state index in [-0.39, 0.29) is 5.16 Å². The molecule has 7 heteroatoms. The summed E-state index contributed by atoms with van der Waals surface area (Å²) in [6.07, 6.45) is 1.46. The minimum atomic E-state index is -3.86. The van der Waals surface area contributed by atoms with Crippen LogP contribution in [-0.4, -0.2) is 25.2 Å². The molecule has 0 aromatic heterocycles. The molecule has 1 rings (SSSR count). The SMILES string of the molecule is CC1=N[N+](C)(S(=O)(=O)Cl)C(Cl)=C1. The van der Waals surface area contributed by atoms with Crippen molar-refractivity contribution in [2.24, 2.45) is 5.10 Å². The van der Waals surface area contributed by atoms with Gasteiger partial charge in [0.2, 0.25) is 5.16 Å². The second kappa shape index (κ2) is 2.70. The Kier molecular flexibility index (Phi) is 2.24. The van der Waals surface area contributed by atoms with E-state index in [9.17, 15) is 8.42 Å². The van der Waals surface area contributed by atoms with E-state index in [0.29, 0.717) is 5.71 Å². The summed E-state index contributed by atoms with van der Waals surface area (Å²) < 4.78 is 21.2. The fourth-order valence-corrected chi connectivity index (χ4v) is 2.20. The average molecular weight is 230 g/mol. The first kappa shape index (κ1) is 9.98. The molecule has 4 nitrogen and oxygen atoms in total. The van der Waals surface area contributed by atoms with Crippen LogP contribution in [0.5, 0.6) is 0 Å². The summed E-state index contributed by atoms with van der Waals surface area (Å²) in [5, 5.41) is 3.85. The lowest BCUT2D eigenvalue weighted by atomic mass is 10.4. The Labute approximate surface area is 80.2 Å². The molecule has 12 heavy (non-hydrogen) atoms. The van der Waals surface area contributed by atoms with Gasteiger partial charge in [-0.25, -0.2) is 0 Å². The van der Waals surface area contributed by atoms with E-state index in [1.807, 2.05) is 0 Å². The third kappa shape index (κ3) is 1.37. The largest absolute Gasteiger partial charge is 0.418 e. The van der Waals surface area contributed by atoms with Crippen molar-refractivity contribution in [1.82, 2.24) is 0 Å². The van der Waals surface area contributed by atoms with Gasteiger partial charge in [-0.05, 0) is 22.5 Å². The summed E-state index contributed by atoms with van der Waals surface area (Å²) in [6, 6.07) is 0. The highest BCUT2D eigenvalue weighted by molar-refractivity contribution is 8.09. The van der Waals surface area contributed by atoms with E-state index < -0.39 is 13.2 Å². The lowest BCUT2D eigenvalue weighted by molar-refractivity contribution is -0.736. The van der Waals surface area contributed by atoms with Crippen LogP contribution in [0.1, 0.15) is 6.92 Å². The van der Waals surface area contributed by atoms with Crippen LogP contribution >= 0.6 is 22.3 Å². The van der Waals surface area contributed by atoms with Crippen LogP contribution in [0.25, 0.3) is 0 Å². The maximum Gasteiger partial charge on any atom is 0.418 e. The molecule has 0 spiro atoms. The Morgan fingerprint density at radius 3 is 2.25 bits per heavy atom. The van der Waals surface area contributed by atoms with Crippen LogP contribution < -0.4 is 0 Å². The van der Waals surface area contributed by atoms with E-state index in [1.165, 1.54) is 13.1 Å². The highest BCUT2D eigenvalue weighted by atomic mass is 35.7. The first-order valence-corrected chi connectivity index (χ1v) is 5.68. The van der Waals surface area contributed by atoms with E-state index in [2.05, 4.69) is 5.10 Å². The minimum Gasteiger partial charge on any atom is -0.154 e. The molecule has 1 atom stereocenters. The summed E-state index contributed by atoms with van der Waals surface area (Å²) in [4.78, 5) is 0. The number of hydrogen-bond acceptors (Lipinski definition) is 3. The Morgan fingerprint density at radius 2 is 2.08 bits per heavy atom. The van der Waals surface area contributed by atoms with Crippen molar-refractivity contribution in [3.63, 3.8) is 0 Å². The van der Waals surface area contributed by atoms with Gasteiger partial charge in [-0.3, -0.25) is 0 Å². The zero-order chi connectivity index (χ0) is 9.57. The van der Waals surface area contributed by atoms with Crippen molar-refractivity contribution < 1.29 is 12.4 Å². The zero-order valence-corrected chi connectivity index (χ0v) is 8.78. The average Bonchev–Trinajstić information content (AvgIpc) is 2.06. The van der Waals surface area contributed by atoms with Crippen LogP contribution in [0, 0.1) is 0 Å². The fraction of sp³-hybridized carbons (Fsp3) is 0.400. The summed E-state index contributed by atoms with van der Waals surface area (Å²) in [6.45, 7) is 1.65.